The normalized spacial score (nSPS) is 14.8. The molecule has 1 amide bonds. The molecule has 11 heteroatoms. The summed E-state index contributed by atoms with van der Waals surface area (Å²) < 4.78 is 20.7. The zero-order chi connectivity index (χ0) is 28.1. The zero-order valence-electron chi connectivity index (χ0n) is 22.7. The van der Waals surface area contributed by atoms with Crippen molar-refractivity contribution in [2.24, 2.45) is 5.92 Å². The first-order valence-corrected chi connectivity index (χ1v) is 14.7. The fraction of sp³-hybridized carbons (Fsp3) is 0.379. The average Bonchev–Trinajstić information content (AvgIpc) is 2.97. The Hall–Kier alpha value is -3.86. The lowest BCUT2D eigenvalue weighted by Gasteiger charge is -2.25. The highest BCUT2D eigenvalue weighted by Crippen LogP contribution is 2.34. The maximum atomic E-state index is 14.9. The second-order valence-electron chi connectivity index (χ2n) is 9.90. The number of aromatic nitrogens is 5. The number of amides is 1. The van der Waals surface area contributed by atoms with E-state index in [0.717, 1.165) is 29.7 Å². The number of nitrogens with zero attached hydrogens (tertiary/aromatic N) is 5. The third kappa shape index (κ3) is 5.99. The minimum absolute atomic E-state index is 0.0217. The molecule has 5 rings (SSSR count). The predicted octanol–water partition coefficient (Wildman–Crippen LogP) is 5.11. The van der Waals surface area contributed by atoms with Gasteiger partial charge < -0.3 is 15.4 Å². The fourth-order valence-electron chi connectivity index (χ4n) is 4.78. The number of carbonyl (C=O) groups is 1. The van der Waals surface area contributed by atoms with Gasteiger partial charge in [0.25, 0.3) is 5.91 Å². The lowest BCUT2D eigenvalue weighted by atomic mass is 9.86. The number of pyridine rings is 1. The molecule has 0 aliphatic heterocycles. The zero-order valence-corrected chi connectivity index (χ0v) is 23.5. The summed E-state index contributed by atoms with van der Waals surface area (Å²) in [5.41, 5.74) is 3.16. The van der Waals surface area contributed by atoms with E-state index >= 15 is 0 Å². The SMILES string of the molecule is CNC(=O)c1ccnc2c(C(C)C(CNc3cc(-c4cnc(OC5CCC5)nc4)ncn3)CSC)ccc(F)c12. The van der Waals surface area contributed by atoms with Crippen LogP contribution in [-0.4, -0.2) is 62.5 Å². The third-order valence-corrected chi connectivity index (χ3v) is 8.14. The van der Waals surface area contributed by atoms with Crippen LogP contribution in [0.25, 0.3) is 22.2 Å². The molecule has 1 saturated carbocycles. The van der Waals surface area contributed by atoms with Crippen LogP contribution in [0.15, 0.2) is 49.2 Å². The van der Waals surface area contributed by atoms with E-state index < -0.39 is 5.82 Å². The monoisotopic (exact) mass is 561 g/mol. The third-order valence-electron chi connectivity index (χ3n) is 7.38. The Morgan fingerprint density at radius 3 is 2.65 bits per heavy atom. The first kappa shape index (κ1) is 27.7. The van der Waals surface area contributed by atoms with E-state index in [0.29, 0.717) is 29.6 Å². The van der Waals surface area contributed by atoms with Gasteiger partial charge in [-0.05, 0) is 60.8 Å². The first-order chi connectivity index (χ1) is 19.5. The molecular formula is C29H32FN7O2S. The molecule has 3 aromatic heterocycles. The van der Waals surface area contributed by atoms with Crippen LogP contribution in [0.5, 0.6) is 6.01 Å². The second kappa shape index (κ2) is 12.5. The number of carbonyl (C=O) groups excluding carboxylic acids is 1. The number of fused-ring (bicyclic) bond motifs is 1. The molecule has 1 aliphatic rings. The van der Waals surface area contributed by atoms with Crippen LogP contribution < -0.4 is 15.4 Å². The van der Waals surface area contributed by atoms with Gasteiger partial charge in [0, 0.05) is 49.2 Å². The summed E-state index contributed by atoms with van der Waals surface area (Å²) in [6.45, 7) is 2.73. The molecule has 2 unspecified atom stereocenters. The first-order valence-electron chi connectivity index (χ1n) is 13.3. The summed E-state index contributed by atoms with van der Waals surface area (Å²) in [5, 5.41) is 6.29. The van der Waals surface area contributed by atoms with Gasteiger partial charge in [-0.2, -0.15) is 11.8 Å². The molecule has 40 heavy (non-hydrogen) atoms. The minimum Gasteiger partial charge on any atom is -0.460 e. The number of nitrogens with one attached hydrogen (secondary N) is 2. The van der Waals surface area contributed by atoms with Crippen LogP contribution in [0.4, 0.5) is 10.2 Å². The van der Waals surface area contributed by atoms with Gasteiger partial charge in [0.05, 0.1) is 16.8 Å². The number of benzene rings is 1. The summed E-state index contributed by atoms with van der Waals surface area (Å²) in [6.07, 6.45) is 12.1. The number of thioether (sulfide) groups is 1. The van der Waals surface area contributed by atoms with Crippen molar-refractivity contribution in [2.75, 3.05) is 30.9 Å². The van der Waals surface area contributed by atoms with Crippen LogP contribution in [-0.2, 0) is 0 Å². The molecule has 1 aliphatic carbocycles. The molecule has 2 N–H and O–H groups in total. The maximum absolute atomic E-state index is 14.9. The Morgan fingerprint density at radius 1 is 1.15 bits per heavy atom. The van der Waals surface area contributed by atoms with Crippen LogP contribution in [0.1, 0.15) is 48.0 Å². The molecule has 2 atom stereocenters. The summed E-state index contributed by atoms with van der Waals surface area (Å²) in [5.74, 6) is 0.923. The van der Waals surface area contributed by atoms with Crippen LogP contribution in [0, 0.1) is 11.7 Å². The molecule has 0 spiro atoms. The van der Waals surface area contributed by atoms with E-state index in [1.54, 1.807) is 42.5 Å². The summed E-state index contributed by atoms with van der Waals surface area (Å²) in [4.78, 5) is 34.4. The molecule has 1 fully saturated rings. The Morgan fingerprint density at radius 2 is 1.95 bits per heavy atom. The van der Waals surface area contributed by atoms with E-state index in [2.05, 4.69) is 48.7 Å². The average molecular weight is 562 g/mol. The smallest absolute Gasteiger partial charge is 0.316 e. The van der Waals surface area contributed by atoms with Crippen molar-refractivity contribution in [1.29, 1.82) is 0 Å². The van der Waals surface area contributed by atoms with Crippen LogP contribution >= 0.6 is 11.8 Å². The molecule has 0 saturated heterocycles. The van der Waals surface area contributed by atoms with Gasteiger partial charge in [-0.15, -0.1) is 0 Å². The molecule has 3 heterocycles. The molecule has 1 aromatic carbocycles. The number of rotatable bonds is 11. The molecule has 208 valence electrons. The van der Waals surface area contributed by atoms with Crippen molar-refractivity contribution in [3.8, 4) is 17.3 Å². The van der Waals surface area contributed by atoms with E-state index in [9.17, 15) is 9.18 Å². The highest BCUT2D eigenvalue weighted by Gasteiger charge is 2.24. The van der Waals surface area contributed by atoms with E-state index in [1.807, 2.05) is 6.07 Å². The number of halogens is 1. The van der Waals surface area contributed by atoms with Crippen molar-refractivity contribution in [1.82, 2.24) is 30.2 Å². The predicted molar refractivity (Wildman–Crippen MR) is 155 cm³/mol. The Kier molecular flexibility index (Phi) is 8.69. The van der Waals surface area contributed by atoms with Gasteiger partial charge in [0.15, 0.2) is 0 Å². The quantitative estimate of drug-likeness (QED) is 0.258. The number of hydrogen-bond donors (Lipinski definition) is 2. The topological polar surface area (TPSA) is 115 Å². The van der Waals surface area contributed by atoms with Gasteiger partial charge in [0.2, 0.25) is 0 Å². The van der Waals surface area contributed by atoms with Crippen molar-refractivity contribution in [3.63, 3.8) is 0 Å². The largest absolute Gasteiger partial charge is 0.460 e. The fourth-order valence-corrected chi connectivity index (χ4v) is 5.62. The van der Waals surface area contributed by atoms with Crippen molar-refractivity contribution in [3.05, 3.63) is 66.1 Å². The molecular weight excluding hydrogens is 529 g/mol. The number of hydrogen-bond acceptors (Lipinski definition) is 9. The van der Waals surface area contributed by atoms with Gasteiger partial charge >= 0.3 is 6.01 Å². The maximum Gasteiger partial charge on any atom is 0.316 e. The number of ether oxygens (including phenoxy) is 1. The standard InChI is InChI=1S/C29H32FN7O2S/c1-17(21-7-8-23(30)26-22(28(38)31-2)9-10-32-27(21)26)19(15-40-3)14-33-25-11-24(36-16-37-25)18-12-34-29(35-13-18)39-20-5-4-6-20/h7-13,16-17,19-20H,4-6,14-15H2,1-3H3,(H,31,38)(H,33,36,37). The summed E-state index contributed by atoms with van der Waals surface area (Å²) in [6, 6.07) is 7.01. The van der Waals surface area contributed by atoms with E-state index in [4.69, 9.17) is 4.74 Å². The Labute approximate surface area is 236 Å². The van der Waals surface area contributed by atoms with Crippen molar-refractivity contribution in [2.45, 2.75) is 38.2 Å². The second-order valence-corrected chi connectivity index (χ2v) is 10.8. The van der Waals surface area contributed by atoms with Gasteiger partial charge in [-0.3, -0.25) is 9.78 Å². The number of anilines is 1. The lowest BCUT2D eigenvalue weighted by Crippen LogP contribution is -2.25. The van der Waals surface area contributed by atoms with E-state index in [-0.39, 0.29) is 34.8 Å². The lowest BCUT2D eigenvalue weighted by molar-refractivity contribution is 0.0964. The van der Waals surface area contributed by atoms with Gasteiger partial charge in [0.1, 0.15) is 24.1 Å². The highest BCUT2D eigenvalue weighted by atomic mass is 32.2. The van der Waals surface area contributed by atoms with Crippen molar-refractivity contribution < 1.29 is 13.9 Å². The molecule has 0 radical (unpaired) electrons. The Bertz CT molecular complexity index is 1480. The van der Waals surface area contributed by atoms with Gasteiger partial charge in [-0.1, -0.05) is 13.0 Å². The molecule has 0 bridgehead atoms. The van der Waals surface area contributed by atoms with Crippen LogP contribution in [0.2, 0.25) is 0 Å². The Balaban J connectivity index is 1.33. The highest BCUT2D eigenvalue weighted by molar-refractivity contribution is 7.98. The molecule has 4 aromatic rings. The van der Waals surface area contributed by atoms with E-state index in [1.165, 1.54) is 25.9 Å². The summed E-state index contributed by atoms with van der Waals surface area (Å²) >= 11 is 1.74. The summed E-state index contributed by atoms with van der Waals surface area (Å²) in [7, 11) is 1.53. The van der Waals surface area contributed by atoms with Gasteiger partial charge in [-0.25, -0.2) is 24.3 Å². The van der Waals surface area contributed by atoms with Crippen LogP contribution in [0.3, 0.4) is 0 Å². The van der Waals surface area contributed by atoms with Crippen molar-refractivity contribution >= 4 is 34.4 Å². The minimum atomic E-state index is -0.461. The molecule has 9 nitrogen and oxygen atoms in total.